The molecule has 0 spiro atoms. The summed E-state index contributed by atoms with van der Waals surface area (Å²) < 4.78 is 11.3. The summed E-state index contributed by atoms with van der Waals surface area (Å²) in [4.78, 5) is 0. The number of benzene rings is 1. The number of anilines is 1. The van der Waals surface area contributed by atoms with Crippen molar-refractivity contribution in [3.05, 3.63) is 40.6 Å². The zero-order valence-corrected chi connectivity index (χ0v) is 11.5. The number of fused-ring (bicyclic) bond motifs is 1. The third-order valence-corrected chi connectivity index (χ3v) is 3.80. The van der Waals surface area contributed by atoms with Crippen LogP contribution in [0, 0.1) is 0 Å². The Morgan fingerprint density at radius 3 is 2.84 bits per heavy atom. The lowest BCUT2D eigenvalue weighted by Crippen LogP contribution is -2.04. The van der Waals surface area contributed by atoms with E-state index in [1.165, 1.54) is 5.56 Å². The molecule has 0 unspecified atom stereocenters. The molecule has 0 radical (unpaired) electrons. The Labute approximate surface area is 117 Å². The van der Waals surface area contributed by atoms with Gasteiger partial charge in [0.2, 0.25) is 0 Å². The molecule has 3 nitrogen and oxygen atoms in total. The van der Waals surface area contributed by atoms with E-state index in [4.69, 9.17) is 9.47 Å². The van der Waals surface area contributed by atoms with Crippen LogP contribution in [0.4, 0.5) is 5.69 Å². The quantitative estimate of drug-likeness (QED) is 0.925. The fourth-order valence-electron chi connectivity index (χ4n) is 2.06. The second-order valence-electron chi connectivity index (χ2n) is 4.52. The predicted octanol–water partition coefficient (Wildman–Crippen LogP) is 3.56. The molecule has 0 aliphatic carbocycles. The van der Waals surface area contributed by atoms with Crippen LogP contribution in [-0.4, -0.2) is 19.8 Å². The van der Waals surface area contributed by atoms with Gasteiger partial charge in [0.1, 0.15) is 0 Å². The first kappa shape index (κ1) is 12.4. The van der Waals surface area contributed by atoms with Gasteiger partial charge in [-0.15, -0.1) is 0 Å². The smallest absolute Gasteiger partial charge is 0.163 e. The summed E-state index contributed by atoms with van der Waals surface area (Å²) in [6.45, 7) is 2.39. The first-order valence-electron chi connectivity index (χ1n) is 6.56. The van der Waals surface area contributed by atoms with E-state index in [2.05, 4.69) is 22.1 Å². The van der Waals surface area contributed by atoms with Crippen molar-refractivity contribution in [2.75, 3.05) is 25.1 Å². The van der Waals surface area contributed by atoms with Crippen LogP contribution in [0.3, 0.4) is 0 Å². The molecular formula is C15H17NO2S. The zero-order valence-electron chi connectivity index (χ0n) is 10.7. The van der Waals surface area contributed by atoms with Gasteiger partial charge in [0, 0.05) is 24.7 Å². The average molecular weight is 275 g/mol. The molecule has 1 N–H and O–H groups in total. The van der Waals surface area contributed by atoms with Crippen molar-refractivity contribution in [1.29, 1.82) is 0 Å². The zero-order chi connectivity index (χ0) is 12.9. The lowest BCUT2D eigenvalue weighted by Gasteiger charge is -2.10. The van der Waals surface area contributed by atoms with Crippen LogP contribution >= 0.6 is 11.3 Å². The number of ether oxygens (including phenoxy) is 2. The van der Waals surface area contributed by atoms with Crippen LogP contribution in [-0.2, 0) is 6.42 Å². The monoisotopic (exact) mass is 275 g/mol. The van der Waals surface area contributed by atoms with Crippen molar-refractivity contribution in [2.45, 2.75) is 12.8 Å². The van der Waals surface area contributed by atoms with E-state index < -0.39 is 0 Å². The number of thiophene rings is 1. The summed E-state index contributed by atoms with van der Waals surface area (Å²) in [5.74, 6) is 1.69. The minimum Gasteiger partial charge on any atom is -0.490 e. The molecule has 0 fully saturated rings. The molecule has 0 amide bonds. The van der Waals surface area contributed by atoms with Crippen molar-refractivity contribution in [3.8, 4) is 11.5 Å². The van der Waals surface area contributed by atoms with Gasteiger partial charge < -0.3 is 14.8 Å². The molecule has 1 aromatic carbocycles. The Morgan fingerprint density at radius 1 is 1.11 bits per heavy atom. The number of hydrogen-bond acceptors (Lipinski definition) is 4. The Morgan fingerprint density at radius 2 is 2.00 bits per heavy atom. The summed E-state index contributed by atoms with van der Waals surface area (Å²) in [6.07, 6.45) is 1.98. The number of rotatable bonds is 4. The molecule has 4 heteroatoms. The molecule has 19 heavy (non-hydrogen) atoms. The third kappa shape index (κ3) is 3.20. The largest absolute Gasteiger partial charge is 0.490 e. The lowest BCUT2D eigenvalue weighted by atomic mass is 10.2. The van der Waals surface area contributed by atoms with Crippen LogP contribution in [0.2, 0.25) is 0 Å². The number of nitrogens with one attached hydrogen (secondary N) is 1. The molecule has 2 heterocycles. The Balaban J connectivity index is 1.60. The fourth-order valence-corrected chi connectivity index (χ4v) is 2.76. The van der Waals surface area contributed by atoms with Gasteiger partial charge in [0.25, 0.3) is 0 Å². The molecule has 100 valence electrons. The van der Waals surface area contributed by atoms with Gasteiger partial charge >= 0.3 is 0 Å². The van der Waals surface area contributed by atoms with Gasteiger partial charge in [0.05, 0.1) is 13.2 Å². The second kappa shape index (κ2) is 5.97. The minimum atomic E-state index is 0.728. The average Bonchev–Trinajstić information content (AvgIpc) is 2.83. The summed E-state index contributed by atoms with van der Waals surface area (Å²) in [6, 6.07) is 8.21. The summed E-state index contributed by atoms with van der Waals surface area (Å²) in [5, 5.41) is 7.73. The van der Waals surface area contributed by atoms with E-state index >= 15 is 0 Å². The van der Waals surface area contributed by atoms with E-state index in [1.807, 2.05) is 18.2 Å². The highest BCUT2D eigenvalue weighted by Gasteiger charge is 2.10. The second-order valence-corrected chi connectivity index (χ2v) is 5.30. The van der Waals surface area contributed by atoms with E-state index in [9.17, 15) is 0 Å². The maximum atomic E-state index is 5.68. The van der Waals surface area contributed by atoms with E-state index in [0.29, 0.717) is 0 Å². The molecule has 1 aliphatic rings. The predicted molar refractivity (Wildman–Crippen MR) is 78.6 cm³/mol. The Hall–Kier alpha value is -1.68. The van der Waals surface area contributed by atoms with Crippen molar-refractivity contribution >= 4 is 17.0 Å². The van der Waals surface area contributed by atoms with Crippen LogP contribution in [0.25, 0.3) is 0 Å². The molecule has 1 aromatic heterocycles. The summed E-state index contributed by atoms with van der Waals surface area (Å²) >= 11 is 1.74. The van der Waals surface area contributed by atoms with Crippen molar-refractivity contribution in [1.82, 2.24) is 0 Å². The van der Waals surface area contributed by atoms with Crippen molar-refractivity contribution in [3.63, 3.8) is 0 Å². The van der Waals surface area contributed by atoms with Gasteiger partial charge in [-0.05, 0) is 40.9 Å². The molecule has 0 saturated heterocycles. The Bertz CT molecular complexity index is 525. The van der Waals surface area contributed by atoms with Crippen molar-refractivity contribution < 1.29 is 9.47 Å². The van der Waals surface area contributed by atoms with Gasteiger partial charge in [-0.25, -0.2) is 0 Å². The molecule has 1 aliphatic heterocycles. The fraction of sp³-hybridized carbons (Fsp3) is 0.333. The topological polar surface area (TPSA) is 30.5 Å². The summed E-state index contributed by atoms with van der Waals surface area (Å²) in [7, 11) is 0. The highest BCUT2D eigenvalue weighted by Crippen LogP contribution is 2.32. The van der Waals surface area contributed by atoms with Crippen LogP contribution in [0.1, 0.15) is 12.0 Å². The van der Waals surface area contributed by atoms with E-state index in [-0.39, 0.29) is 0 Å². The standard InChI is InChI=1S/C15H17NO2S/c1-7-17-14-3-2-13(10-15(14)18-8-1)16-6-4-12-5-9-19-11-12/h2-3,5,9-11,16H,1,4,6-8H2. The molecule has 2 aromatic rings. The third-order valence-electron chi connectivity index (χ3n) is 3.07. The highest BCUT2D eigenvalue weighted by atomic mass is 32.1. The van der Waals surface area contributed by atoms with Crippen LogP contribution < -0.4 is 14.8 Å². The maximum Gasteiger partial charge on any atom is 0.163 e. The first-order chi connectivity index (χ1) is 9.42. The molecule has 0 atom stereocenters. The minimum absolute atomic E-state index is 0.728. The number of hydrogen-bond donors (Lipinski definition) is 1. The first-order valence-corrected chi connectivity index (χ1v) is 7.51. The molecular weight excluding hydrogens is 258 g/mol. The van der Waals surface area contributed by atoms with Gasteiger partial charge in [0.15, 0.2) is 11.5 Å². The Kier molecular flexibility index (Phi) is 3.89. The highest BCUT2D eigenvalue weighted by molar-refractivity contribution is 7.07. The van der Waals surface area contributed by atoms with E-state index in [0.717, 1.165) is 49.8 Å². The maximum absolute atomic E-state index is 5.68. The molecule has 3 rings (SSSR count). The SMILES string of the molecule is c1cc(CCNc2ccc3c(c2)OCCCO3)cs1. The van der Waals surface area contributed by atoms with Gasteiger partial charge in [-0.1, -0.05) is 0 Å². The van der Waals surface area contributed by atoms with Gasteiger partial charge in [-0.3, -0.25) is 0 Å². The van der Waals surface area contributed by atoms with Gasteiger partial charge in [-0.2, -0.15) is 11.3 Å². The van der Waals surface area contributed by atoms with Crippen molar-refractivity contribution in [2.24, 2.45) is 0 Å². The van der Waals surface area contributed by atoms with Crippen LogP contribution in [0.5, 0.6) is 11.5 Å². The normalized spacial score (nSPS) is 13.9. The van der Waals surface area contributed by atoms with Crippen LogP contribution in [0.15, 0.2) is 35.0 Å². The lowest BCUT2D eigenvalue weighted by molar-refractivity contribution is 0.297. The molecule has 0 saturated carbocycles. The molecule has 0 bridgehead atoms. The van der Waals surface area contributed by atoms with E-state index in [1.54, 1.807) is 11.3 Å². The summed E-state index contributed by atoms with van der Waals surface area (Å²) in [5.41, 5.74) is 2.46.